The third-order valence-electron chi connectivity index (χ3n) is 4.77. The van der Waals surface area contributed by atoms with Gasteiger partial charge in [0.15, 0.2) is 11.5 Å². The second-order valence-electron chi connectivity index (χ2n) is 6.98. The van der Waals surface area contributed by atoms with Crippen LogP contribution in [0.2, 0.25) is 0 Å². The Morgan fingerprint density at radius 2 is 1.84 bits per heavy atom. The van der Waals surface area contributed by atoms with Crippen LogP contribution < -0.4 is 20.1 Å². The fourth-order valence-corrected chi connectivity index (χ4v) is 3.13. The highest BCUT2D eigenvalue weighted by Gasteiger charge is 2.22. The van der Waals surface area contributed by atoms with E-state index in [1.54, 1.807) is 49.6 Å². The summed E-state index contributed by atoms with van der Waals surface area (Å²) in [6.07, 6.45) is 1.65. The SMILES string of the molecule is C=CCOc1ccc([C@@H](Nc2ccc(C#N)cc2)C(=O)NCc2ccccc2)cc1OC. The quantitative estimate of drug-likeness (QED) is 0.462. The van der Waals surface area contributed by atoms with Crippen LogP contribution in [0.4, 0.5) is 5.69 Å². The van der Waals surface area contributed by atoms with Gasteiger partial charge in [-0.1, -0.05) is 49.1 Å². The van der Waals surface area contributed by atoms with E-state index in [2.05, 4.69) is 23.3 Å². The molecule has 0 radical (unpaired) electrons. The number of ether oxygens (including phenoxy) is 2. The lowest BCUT2D eigenvalue weighted by molar-refractivity contribution is -0.122. The van der Waals surface area contributed by atoms with Crippen LogP contribution in [-0.2, 0) is 11.3 Å². The van der Waals surface area contributed by atoms with Crippen LogP contribution in [0.25, 0.3) is 0 Å². The molecular formula is C26H25N3O3. The van der Waals surface area contributed by atoms with Crippen LogP contribution in [0.1, 0.15) is 22.7 Å². The second-order valence-corrected chi connectivity index (χ2v) is 6.98. The molecule has 0 fully saturated rings. The molecule has 0 aliphatic carbocycles. The number of hydrogen-bond donors (Lipinski definition) is 2. The van der Waals surface area contributed by atoms with E-state index in [1.807, 2.05) is 36.4 Å². The third-order valence-corrected chi connectivity index (χ3v) is 4.77. The molecule has 1 amide bonds. The monoisotopic (exact) mass is 427 g/mol. The Balaban J connectivity index is 1.87. The molecule has 32 heavy (non-hydrogen) atoms. The van der Waals surface area contributed by atoms with Crippen molar-refractivity contribution in [3.05, 3.63) is 102 Å². The van der Waals surface area contributed by atoms with Crippen molar-refractivity contribution in [2.75, 3.05) is 19.0 Å². The molecule has 0 unspecified atom stereocenters. The number of hydrogen-bond acceptors (Lipinski definition) is 5. The molecule has 0 aromatic heterocycles. The molecular weight excluding hydrogens is 402 g/mol. The summed E-state index contributed by atoms with van der Waals surface area (Å²) in [5.74, 6) is 0.893. The Labute approximate surface area is 188 Å². The Morgan fingerprint density at radius 1 is 1.09 bits per heavy atom. The van der Waals surface area contributed by atoms with E-state index in [0.29, 0.717) is 35.8 Å². The van der Waals surface area contributed by atoms with Crippen molar-refractivity contribution >= 4 is 11.6 Å². The predicted molar refractivity (Wildman–Crippen MR) is 124 cm³/mol. The summed E-state index contributed by atoms with van der Waals surface area (Å²) >= 11 is 0. The molecule has 3 aromatic rings. The molecule has 0 saturated heterocycles. The summed E-state index contributed by atoms with van der Waals surface area (Å²) in [5.41, 5.74) is 2.98. The van der Waals surface area contributed by atoms with Crippen LogP contribution in [0.3, 0.4) is 0 Å². The third kappa shape index (κ3) is 5.89. The summed E-state index contributed by atoms with van der Waals surface area (Å²) in [6, 6.07) is 23.4. The first-order valence-electron chi connectivity index (χ1n) is 10.1. The molecule has 6 heteroatoms. The smallest absolute Gasteiger partial charge is 0.247 e. The molecule has 3 aromatic carbocycles. The van der Waals surface area contributed by atoms with Gasteiger partial charge in [0.1, 0.15) is 12.6 Å². The minimum absolute atomic E-state index is 0.194. The summed E-state index contributed by atoms with van der Waals surface area (Å²) in [7, 11) is 1.55. The number of anilines is 1. The standard InChI is InChI=1S/C26H25N3O3/c1-3-15-32-23-14-11-21(16-24(23)31-2)25(29-22-12-9-19(17-27)10-13-22)26(30)28-18-20-7-5-4-6-8-20/h3-14,16,25,29H,1,15,18H2,2H3,(H,28,30)/t25-/m1/s1. The zero-order chi connectivity index (χ0) is 22.8. The van der Waals surface area contributed by atoms with Gasteiger partial charge in [0, 0.05) is 12.2 Å². The maximum absolute atomic E-state index is 13.2. The average molecular weight is 428 g/mol. The van der Waals surface area contributed by atoms with Gasteiger partial charge >= 0.3 is 0 Å². The predicted octanol–water partition coefficient (Wildman–Crippen LogP) is 4.60. The zero-order valence-electron chi connectivity index (χ0n) is 17.9. The molecule has 6 nitrogen and oxygen atoms in total. The van der Waals surface area contributed by atoms with Crippen LogP contribution in [0.15, 0.2) is 85.5 Å². The highest BCUT2D eigenvalue weighted by Crippen LogP contribution is 2.32. The number of nitrogens with one attached hydrogen (secondary N) is 2. The highest BCUT2D eigenvalue weighted by atomic mass is 16.5. The number of nitriles is 1. The minimum Gasteiger partial charge on any atom is -0.493 e. The van der Waals surface area contributed by atoms with Crippen molar-refractivity contribution in [1.82, 2.24) is 5.32 Å². The first kappa shape index (κ1) is 22.4. The normalized spacial score (nSPS) is 11.0. The van der Waals surface area contributed by atoms with Gasteiger partial charge in [-0.15, -0.1) is 0 Å². The second kappa shape index (κ2) is 11.2. The summed E-state index contributed by atoms with van der Waals surface area (Å²) in [5, 5.41) is 15.3. The van der Waals surface area contributed by atoms with E-state index in [0.717, 1.165) is 11.3 Å². The lowest BCUT2D eigenvalue weighted by Crippen LogP contribution is -2.33. The maximum atomic E-state index is 13.2. The average Bonchev–Trinajstić information content (AvgIpc) is 2.85. The highest BCUT2D eigenvalue weighted by molar-refractivity contribution is 5.86. The lowest BCUT2D eigenvalue weighted by Gasteiger charge is -2.21. The topological polar surface area (TPSA) is 83.4 Å². The van der Waals surface area contributed by atoms with Crippen molar-refractivity contribution in [3.63, 3.8) is 0 Å². The Hall–Kier alpha value is -4.24. The molecule has 0 aliphatic rings. The Bertz CT molecular complexity index is 1090. The molecule has 0 saturated carbocycles. The van der Waals surface area contributed by atoms with Gasteiger partial charge in [-0.3, -0.25) is 4.79 Å². The number of carbonyl (C=O) groups excluding carboxylic acids is 1. The Morgan fingerprint density at radius 3 is 2.50 bits per heavy atom. The van der Waals surface area contributed by atoms with Crippen molar-refractivity contribution in [1.29, 1.82) is 5.26 Å². The summed E-state index contributed by atoms with van der Waals surface area (Å²) < 4.78 is 11.1. The van der Waals surface area contributed by atoms with Crippen molar-refractivity contribution in [3.8, 4) is 17.6 Å². The number of carbonyl (C=O) groups is 1. The van der Waals surface area contributed by atoms with Crippen LogP contribution in [0.5, 0.6) is 11.5 Å². The molecule has 2 N–H and O–H groups in total. The first-order chi connectivity index (χ1) is 15.6. The Kier molecular flexibility index (Phi) is 7.88. The van der Waals surface area contributed by atoms with Crippen LogP contribution in [-0.4, -0.2) is 19.6 Å². The summed E-state index contributed by atoms with van der Waals surface area (Å²) in [6.45, 7) is 4.41. The first-order valence-corrected chi connectivity index (χ1v) is 10.1. The zero-order valence-corrected chi connectivity index (χ0v) is 17.9. The molecule has 0 aliphatic heterocycles. The van der Waals surface area contributed by atoms with Crippen molar-refractivity contribution in [2.24, 2.45) is 0 Å². The van der Waals surface area contributed by atoms with Gasteiger partial charge in [0.2, 0.25) is 5.91 Å². The van der Waals surface area contributed by atoms with E-state index in [9.17, 15) is 4.79 Å². The van der Waals surface area contributed by atoms with E-state index in [1.165, 1.54) is 0 Å². The number of methoxy groups -OCH3 is 1. The van der Waals surface area contributed by atoms with Gasteiger partial charge in [0.05, 0.1) is 18.7 Å². The summed E-state index contributed by atoms with van der Waals surface area (Å²) in [4.78, 5) is 13.2. The van der Waals surface area contributed by atoms with Gasteiger partial charge in [0.25, 0.3) is 0 Å². The number of nitrogens with zero attached hydrogens (tertiary/aromatic N) is 1. The van der Waals surface area contributed by atoms with E-state index in [4.69, 9.17) is 14.7 Å². The lowest BCUT2D eigenvalue weighted by atomic mass is 10.0. The van der Waals surface area contributed by atoms with Gasteiger partial charge in [-0.25, -0.2) is 0 Å². The molecule has 0 bridgehead atoms. The van der Waals surface area contributed by atoms with Gasteiger partial charge in [-0.05, 0) is 47.5 Å². The van der Waals surface area contributed by atoms with E-state index in [-0.39, 0.29) is 5.91 Å². The number of amides is 1. The van der Waals surface area contributed by atoms with Gasteiger partial charge in [-0.2, -0.15) is 5.26 Å². The van der Waals surface area contributed by atoms with E-state index < -0.39 is 6.04 Å². The van der Waals surface area contributed by atoms with Crippen molar-refractivity contribution in [2.45, 2.75) is 12.6 Å². The van der Waals surface area contributed by atoms with Crippen molar-refractivity contribution < 1.29 is 14.3 Å². The van der Waals surface area contributed by atoms with E-state index >= 15 is 0 Å². The number of rotatable bonds is 10. The largest absolute Gasteiger partial charge is 0.493 e. The fourth-order valence-electron chi connectivity index (χ4n) is 3.13. The molecule has 3 rings (SSSR count). The van der Waals surface area contributed by atoms with Crippen LogP contribution in [0, 0.1) is 11.3 Å². The van der Waals surface area contributed by atoms with Crippen LogP contribution >= 0.6 is 0 Å². The molecule has 1 atom stereocenters. The molecule has 162 valence electrons. The van der Waals surface area contributed by atoms with Gasteiger partial charge < -0.3 is 20.1 Å². The molecule has 0 heterocycles. The fraction of sp³-hybridized carbons (Fsp3) is 0.154. The minimum atomic E-state index is -0.686. The molecule has 0 spiro atoms. The number of benzene rings is 3. The maximum Gasteiger partial charge on any atom is 0.247 e.